The second-order valence-corrected chi connectivity index (χ2v) is 11.2. The first-order chi connectivity index (χ1) is 18.1. The third-order valence-electron chi connectivity index (χ3n) is 5.94. The zero-order chi connectivity index (χ0) is 27.3. The Hall–Kier alpha value is -3.91. The van der Waals surface area contributed by atoms with Crippen molar-refractivity contribution in [2.24, 2.45) is 0 Å². The molecular weight excluding hydrogens is 542 g/mol. The number of rotatable bonds is 7. The van der Waals surface area contributed by atoms with E-state index >= 15 is 0 Å². The highest BCUT2D eigenvalue weighted by Crippen LogP contribution is 2.26. The predicted molar refractivity (Wildman–Crippen MR) is 156 cm³/mol. The molecule has 1 heterocycles. The summed E-state index contributed by atoms with van der Waals surface area (Å²) in [5.74, 6) is 0.231. The van der Waals surface area contributed by atoms with E-state index in [1.54, 1.807) is 10.7 Å². The van der Waals surface area contributed by atoms with Crippen molar-refractivity contribution in [1.29, 1.82) is 0 Å². The van der Waals surface area contributed by atoms with Gasteiger partial charge in [-0.15, -0.1) is 0 Å². The van der Waals surface area contributed by atoms with Crippen molar-refractivity contribution in [3.05, 3.63) is 106 Å². The number of benzene rings is 3. The number of urea groups is 1. The monoisotopic (exact) mass is 573 g/mol. The molecule has 7 nitrogen and oxygen atoms in total. The number of nitrogens with zero attached hydrogens (tertiary/aromatic N) is 3. The van der Waals surface area contributed by atoms with Gasteiger partial charge >= 0.3 is 6.03 Å². The van der Waals surface area contributed by atoms with Gasteiger partial charge in [-0.3, -0.25) is 4.79 Å². The minimum absolute atomic E-state index is 0.140. The molecule has 2 N–H and O–H groups in total. The lowest BCUT2D eigenvalue weighted by Gasteiger charge is -2.23. The number of aryl methyl sites for hydroxylation is 1. The topological polar surface area (TPSA) is 79.3 Å². The number of anilines is 2. The maximum atomic E-state index is 13.3. The van der Waals surface area contributed by atoms with Gasteiger partial charge in [0.25, 0.3) is 0 Å². The first-order valence-corrected chi connectivity index (χ1v) is 13.2. The fraction of sp³-hybridized carbons (Fsp3) is 0.233. The number of amides is 3. The summed E-state index contributed by atoms with van der Waals surface area (Å²) in [6.07, 6.45) is 0. The van der Waals surface area contributed by atoms with E-state index in [9.17, 15) is 9.59 Å². The fourth-order valence-corrected chi connectivity index (χ4v) is 4.25. The largest absolute Gasteiger partial charge is 0.322 e. The maximum absolute atomic E-state index is 13.3. The quantitative estimate of drug-likeness (QED) is 0.252. The molecule has 0 spiro atoms. The molecule has 38 heavy (non-hydrogen) atoms. The van der Waals surface area contributed by atoms with Gasteiger partial charge in [0.2, 0.25) is 5.91 Å². The molecule has 8 heteroatoms. The summed E-state index contributed by atoms with van der Waals surface area (Å²) in [5, 5.41) is 10.7. The minimum atomic E-state index is -0.371. The van der Waals surface area contributed by atoms with Crippen molar-refractivity contribution in [3.63, 3.8) is 0 Å². The summed E-state index contributed by atoms with van der Waals surface area (Å²) < 4.78 is 2.59. The molecule has 0 unspecified atom stereocenters. The second-order valence-electron chi connectivity index (χ2n) is 10.2. The Morgan fingerprint density at radius 2 is 1.63 bits per heavy atom. The molecule has 1 aromatic heterocycles. The molecule has 0 fully saturated rings. The third-order valence-corrected chi connectivity index (χ3v) is 6.43. The van der Waals surface area contributed by atoms with E-state index in [0.717, 1.165) is 27.0 Å². The van der Waals surface area contributed by atoms with Crippen LogP contribution in [0.4, 0.5) is 16.3 Å². The molecular formula is C30H32BrN5O2. The fourth-order valence-electron chi connectivity index (χ4n) is 3.85. The van der Waals surface area contributed by atoms with Crippen LogP contribution < -0.4 is 10.6 Å². The van der Waals surface area contributed by atoms with Crippen molar-refractivity contribution in [2.45, 2.75) is 39.7 Å². The molecule has 0 saturated carbocycles. The summed E-state index contributed by atoms with van der Waals surface area (Å²) >= 11 is 3.43. The lowest BCUT2D eigenvalue weighted by Crippen LogP contribution is -2.40. The molecule has 3 aromatic carbocycles. The van der Waals surface area contributed by atoms with E-state index in [2.05, 4.69) is 47.3 Å². The molecule has 3 amide bonds. The standard InChI is InChI=1S/C30H32BrN5O2/c1-21-13-15-25(16-14-21)36-27(18-26(34-36)30(2,3)4)33-28(37)20-35(19-22-9-6-5-7-10-22)29(38)32-24-12-8-11-23(31)17-24/h5-18H,19-20H2,1-4H3,(H,32,38)(H,33,37). The number of nitrogens with one attached hydrogen (secondary N) is 2. The van der Waals surface area contributed by atoms with Gasteiger partial charge in [-0.25, -0.2) is 9.48 Å². The molecule has 0 aliphatic heterocycles. The molecule has 4 rings (SSSR count). The lowest BCUT2D eigenvalue weighted by atomic mass is 9.92. The van der Waals surface area contributed by atoms with Gasteiger partial charge < -0.3 is 15.5 Å². The second kappa shape index (κ2) is 11.6. The van der Waals surface area contributed by atoms with Crippen LogP contribution in [0.25, 0.3) is 5.69 Å². The number of carbonyl (C=O) groups excluding carboxylic acids is 2. The predicted octanol–water partition coefficient (Wildman–Crippen LogP) is 6.91. The summed E-state index contributed by atoms with van der Waals surface area (Å²) in [6, 6.07) is 26.4. The Balaban J connectivity index is 1.58. The molecule has 0 saturated heterocycles. The Labute approximate surface area is 232 Å². The van der Waals surface area contributed by atoms with Crippen LogP contribution in [0.5, 0.6) is 0 Å². The van der Waals surface area contributed by atoms with E-state index < -0.39 is 0 Å². The average Bonchev–Trinajstić information content (AvgIpc) is 3.29. The SMILES string of the molecule is Cc1ccc(-n2nc(C(C)(C)C)cc2NC(=O)CN(Cc2ccccc2)C(=O)Nc2cccc(Br)c2)cc1. The van der Waals surface area contributed by atoms with E-state index in [1.807, 2.05) is 85.8 Å². The van der Waals surface area contributed by atoms with E-state index in [-0.39, 0.29) is 30.4 Å². The number of hydrogen-bond acceptors (Lipinski definition) is 3. The van der Waals surface area contributed by atoms with Gasteiger partial charge in [-0.2, -0.15) is 5.10 Å². The molecule has 0 aliphatic rings. The van der Waals surface area contributed by atoms with Crippen molar-refractivity contribution >= 4 is 39.4 Å². The van der Waals surface area contributed by atoms with Crippen LogP contribution in [0.3, 0.4) is 0 Å². The number of aromatic nitrogens is 2. The third kappa shape index (κ3) is 7.10. The highest BCUT2D eigenvalue weighted by atomic mass is 79.9. The Kier molecular flexibility index (Phi) is 8.32. The van der Waals surface area contributed by atoms with Gasteiger partial charge in [0.1, 0.15) is 12.4 Å². The van der Waals surface area contributed by atoms with E-state index in [4.69, 9.17) is 5.10 Å². The molecule has 196 valence electrons. The molecule has 0 radical (unpaired) electrons. The zero-order valence-electron chi connectivity index (χ0n) is 22.0. The summed E-state index contributed by atoms with van der Waals surface area (Å²) in [7, 11) is 0. The van der Waals surface area contributed by atoms with Crippen molar-refractivity contribution < 1.29 is 9.59 Å². The first kappa shape index (κ1) is 27.1. The van der Waals surface area contributed by atoms with Gasteiger partial charge in [-0.1, -0.05) is 90.8 Å². The van der Waals surface area contributed by atoms with Crippen molar-refractivity contribution in [3.8, 4) is 5.69 Å². The Morgan fingerprint density at radius 3 is 2.29 bits per heavy atom. The zero-order valence-corrected chi connectivity index (χ0v) is 23.6. The Bertz CT molecular complexity index is 1410. The van der Waals surface area contributed by atoms with Gasteiger partial charge in [-0.05, 0) is 42.8 Å². The van der Waals surface area contributed by atoms with E-state index in [0.29, 0.717) is 11.5 Å². The summed E-state index contributed by atoms with van der Waals surface area (Å²) in [6.45, 7) is 8.39. The van der Waals surface area contributed by atoms with Crippen LogP contribution in [0.1, 0.15) is 37.6 Å². The van der Waals surface area contributed by atoms with Crippen LogP contribution in [0, 0.1) is 6.92 Å². The van der Waals surface area contributed by atoms with Crippen molar-refractivity contribution in [1.82, 2.24) is 14.7 Å². The molecule has 0 atom stereocenters. The highest BCUT2D eigenvalue weighted by Gasteiger charge is 2.23. The van der Waals surface area contributed by atoms with Gasteiger partial charge in [0, 0.05) is 28.2 Å². The normalized spacial score (nSPS) is 11.2. The summed E-state index contributed by atoms with van der Waals surface area (Å²) in [4.78, 5) is 28.1. The van der Waals surface area contributed by atoms with Crippen LogP contribution in [0.15, 0.2) is 89.4 Å². The van der Waals surface area contributed by atoms with Crippen LogP contribution in [-0.2, 0) is 16.8 Å². The lowest BCUT2D eigenvalue weighted by molar-refractivity contribution is -0.116. The molecule has 0 bridgehead atoms. The first-order valence-electron chi connectivity index (χ1n) is 12.4. The van der Waals surface area contributed by atoms with Crippen molar-refractivity contribution in [2.75, 3.05) is 17.2 Å². The van der Waals surface area contributed by atoms with Crippen LogP contribution in [0.2, 0.25) is 0 Å². The van der Waals surface area contributed by atoms with Gasteiger partial charge in [0.05, 0.1) is 11.4 Å². The van der Waals surface area contributed by atoms with Crippen LogP contribution in [-0.4, -0.2) is 33.2 Å². The Morgan fingerprint density at radius 1 is 0.921 bits per heavy atom. The number of halogens is 1. The minimum Gasteiger partial charge on any atom is -0.311 e. The average molecular weight is 575 g/mol. The number of carbonyl (C=O) groups is 2. The highest BCUT2D eigenvalue weighted by molar-refractivity contribution is 9.10. The maximum Gasteiger partial charge on any atom is 0.322 e. The molecule has 4 aromatic rings. The van der Waals surface area contributed by atoms with E-state index in [1.165, 1.54) is 4.90 Å². The van der Waals surface area contributed by atoms with Gasteiger partial charge in [0.15, 0.2) is 0 Å². The number of hydrogen-bond donors (Lipinski definition) is 2. The smallest absolute Gasteiger partial charge is 0.311 e. The van der Waals surface area contributed by atoms with Crippen LogP contribution >= 0.6 is 15.9 Å². The summed E-state index contributed by atoms with van der Waals surface area (Å²) in [5.41, 5.74) is 4.17. The molecule has 0 aliphatic carbocycles.